The first-order valence-corrected chi connectivity index (χ1v) is 6.76. The van der Waals surface area contributed by atoms with Crippen molar-refractivity contribution in [2.45, 2.75) is 45.1 Å². The minimum atomic E-state index is 0.591. The fourth-order valence-corrected chi connectivity index (χ4v) is 2.75. The van der Waals surface area contributed by atoms with Crippen LogP contribution in [0.15, 0.2) is 12.4 Å². The Morgan fingerprint density at radius 1 is 1.33 bits per heavy atom. The zero-order valence-corrected chi connectivity index (χ0v) is 11.3. The van der Waals surface area contributed by atoms with Crippen LogP contribution in [0.5, 0.6) is 0 Å². The van der Waals surface area contributed by atoms with E-state index in [9.17, 15) is 0 Å². The summed E-state index contributed by atoms with van der Waals surface area (Å²) in [6.07, 6.45) is 8.04. The Morgan fingerprint density at radius 2 is 2.06 bits per heavy atom. The van der Waals surface area contributed by atoms with E-state index in [4.69, 9.17) is 5.84 Å². The lowest BCUT2D eigenvalue weighted by Gasteiger charge is -2.35. The van der Waals surface area contributed by atoms with E-state index in [1.54, 1.807) is 6.33 Å². The van der Waals surface area contributed by atoms with Crippen molar-refractivity contribution in [1.29, 1.82) is 0 Å². The molecule has 1 saturated carbocycles. The Balaban J connectivity index is 2.00. The normalized spacial score (nSPS) is 23.7. The van der Waals surface area contributed by atoms with Crippen LogP contribution in [0.3, 0.4) is 0 Å². The Bertz CT molecular complexity index is 373. The molecule has 0 radical (unpaired) electrons. The van der Waals surface area contributed by atoms with Gasteiger partial charge in [-0.05, 0) is 31.6 Å². The SMILES string of the molecule is CCC1CCC(N(C)c2cc(NN)ncn2)CC1. The molecule has 5 nitrogen and oxygen atoms in total. The fourth-order valence-electron chi connectivity index (χ4n) is 2.75. The highest BCUT2D eigenvalue weighted by molar-refractivity contribution is 5.47. The van der Waals surface area contributed by atoms with Crippen LogP contribution >= 0.6 is 0 Å². The second kappa shape index (κ2) is 6.00. The summed E-state index contributed by atoms with van der Waals surface area (Å²) in [5.41, 5.74) is 2.56. The Labute approximate surface area is 109 Å². The third-order valence-corrected chi connectivity index (χ3v) is 4.10. The lowest BCUT2D eigenvalue weighted by Crippen LogP contribution is -2.35. The van der Waals surface area contributed by atoms with Crippen molar-refractivity contribution in [2.75, 3.05) is 17.4 Å². The fraction of sp³-hybridized carbons (Fsp3) is 0.692. The van der Waals surface area contributed by atoms with Crippen molar-refractivity contribution in [3.63, 3.8) is 0 Å². The van der Waals surface area contributed by atoms with Gasteiger partial charge in [0.15, 0.2) is 0 Å². The van der Waals surface area contributed by atoms with Gasteiger partial charge in [0.25, 0.3) is 0 Å². The zero-order chi connectivity index (χ0) is 13.0. The number of hydrogen-bond acceptors (Lipinski definition) is 5. The third kappa shape index (κ3) is 2.90. The maximum Gasteiger partial charge on any atom is 0.145 e. The molecule has 1 aliphatic carbocycles. The molecule has 1 aliphatic rings. The number of nitrogens with zero attached hydrogens (tertiary/aromatic N) is 3. The van der Waals surface area contributed by atoms with Crippen LogP contribution in [0.2, 0.25) is 0 Å². The van der Waals surface area contributed by atoms with Crippen molar-refractivity contribution >= 4 is 11.6 Å². The first kappa shape index (κ1) is 13.1. The number of nitrogens with one attached hydrogen (secondary N) is 1. The zero-order valence-electron chi connectivity index (χ0n) is 11.3. The summed E-state index contributed by atoms with van der Waals surface area (Å²) in [6.45, 7) is 2.29. The first-order valence-electron chi connectivity index (χ1n) is 6.76. The Kier molecular flexibility index (Phi) is 4.36. The van der Waals surface area contributed by atoms with Crippen molar-refractivity contribution in [2.24, 2.45) is 11.8 Å². The van der Waals surface area contributed by atoms with Crippen molar-refractivity contribution in [1.82, 2.24) is 9.97 Å². The number of hydrazine groups is 1. The lowest BCUT2D eigenvalue weighted by atomic mass is 9.84. The second-order valence-electron chi connectivity index (χ2n) is 5.10. The average Bonchev–Trinajstić information content (AvgIpc) is 2.46. The predicted molar refractivity (Wildman–Crippen MR) is 74.3 cm³/mol. The summed E-state index contributed by atoms with van der Waals surface area (Å²) in [6, 6.07) is 2.49. The van der Waals surface area contributed by atoms with Gasteiger partial charge in [-0.2, -0.15) is 0 Å². The quantitative estimate of drug-likeness (QED) is 0.632. The van der Waals surface area contributed by atoms with E-state index in [0.29, 0.717) is 11.9 Å². The monoisotopic (exact) mass is 249 g/mol. The summed E-state index contributed by atoms with van der Waals surface area (Å²) in [5, 5.41) is 0. The summed E-state index contributed by atoms with van der Waals surface area (Å²) < 4.78 is 0. The van der Waals surface area contributed by atoms with Gasteiger partial charge < -0.3 is 10.3 Å². The summed E-state index contributed by atoms with van der Waals surface area (Å²) in [5.74, 6) is 7.90. The minimum absolute atomic E-state index is 0.591. The molecule has 0 bridgehead atoms. The van der Waals surface area contributed by atoms with E-state index >= 15 is 0 Å². The number of nitrogens with two attached hydrogens (primary N) is 1. The molecule has 18 heavy (non-hydrogen) atoms. The molecule has 0 atom stereocenters. The van der Waals surface area contributed by atoms with Crippen LogP contribution in [0.4, 0.5) is 11.6 Å². The molecular formula is C13H23N5. The van der Waals surface area contributed by atoms with E-state index < -0.39 is 0 Å². The number of rotatable bonds is 4. The highest BCUT2D eigenvalue weighted by atomic mass is 15.3. The van der Waals surface area contributed by atoms with Crippen molar-refractivity contribution in [3.05, 3.63) is 12.4 Å². The van der Waals surface area contributed by atoms with Gasteiger partial charge in [-0.1, -0.05) is 13.3 Å². The molecule has 0 aromatic carbocycles. The Hall–Kier alpha value is -1.36. The van der Waals surface area contributed by atoms with Gasteiger partial charge in [-0.25, -0.2) is 15.8 Å². The Morgan fingerprint density at radius 3 is 2.67 bits per heavy atom. The molecule has 5 heteroatoms. The predicted octanol–water partition coefficient (Wildman–Crippen LogP) is 2.17. The average molecular weight is 249 g/mol. The van der Waals surface area contributed by atoms with E-state index in [1.807, 2.05) is 6.07 Å². The molecule has 100 valence electrons. The van der Waals surface area contributed by atoms with Crippen LogP contribution in [0.1, 0.15) is 39.0 Å². The maximum atomic E-state index is 5.37. The number of nitrogen functional groups attached to an aromatic ring is 1. The molecule has 0 amide bonds. The number of anilines is 2. The van der Waals surface area contributed by atoms with Gasteiger partial charge in [0.1, 0.15) is 18.0 Å². The van der Waals surface area contributed by atoms with Crippen molar-refractivity contribution in [3.8, 4) is 0 Å². The van der Waals surface area contributed by atoms with Gasteiger partial charge in [-0.3, -0.25) is 0 Å². The van der Waals surface area contributed by atoms with Crippen LogP contribution in [-0.4, -0.2) is 23.1 Å². The van der Waals surface area contributed by atoms with E-state index in [2.05, 4.69) is 34.3 Å². The first-order chi connectivity index (χ1) is 8.74. The molecule has 0 saturated heterocycles. The summed E-state index contributed by atoms with van der Waals surface area (Å²) in [4.78, 5) is 10.6. The van der Waals surface area contributed by atoms with Crippen LogP contribution in [-0.2, 0) is 0 Å². The van der Waals surface area contributed by atoms with Gasteiger partial charge >= 0.3 is 0 Å². The molecule has 1 fully saturated rings. The van der Waals surface area contributed by atoms with Crippen LogP contribution in [0.25, 0.3) is 0 Å². The van der Waals surface area contributed by atoms with Crippen LogP contribution in [0, 0.1) is 5.92 Å². The third-order valence-electron chi connectivity index (χ3n) is 4.10. The van der Waals surface area contributed by atoms with E-state index in [-0.39, 0.29) is 0 Å². The minimum Gasteiger partial charge on any atom is -0.357 e. The number of hydrogen-bond donors (Lipinski definition) is 2. The molecule has 1 aromatic heterocycles. The molecular weight excluding hydrogens is 226 g/mol. The molecule has 2 rings (SSSR count). The van der Waals surface area contributed by atoms with Gasteiger partial charge in [0, 0.05) is 19.2 Å². The highest BCUT2D eigenvalue weighted by Gasteiger charge is 2.23. The van der Waals surface area contributed by atoms with E-state index in [0.717, 1.165) is 11.7 Å². The van der Waals surface area contributed by atoms with Gasteiger partial charge in [-0.15, -0.1) is 0 Å². The van der Waals surface area contributed by atoms with Crippen molar-refractivity contribution < 1.29 is 0 Å². The molecule has 3 N–H and O–H groups in total. The molecule has 0 unspecified atom stereocenters. The van der Waals surface area contributed by atoms with Crippen LogP contribution < -0.4 is 16.2 Å². The molecule has 0 spiro atoms. The second-order valence-corrected chi connectivity index (χ2v) is 5.10. The van der Waals surface area contributed by atoms with E-state index in [1.165, 1.54) is 32.1 Å². The lowest BCUT2D eigenvalue weighted by molar-refractivity contribution is 0.313. The van der Waals surface area contributed by atoms with Gasteiger partial charge in [0.05, 0.1) is 0 Å². The number of aromatic nitrogens is 2. The summed E-state index contributed by atoms with van der Waals surface area (Å²) in [7, 11) is 2.11. The van der Waals surface area contributed by atoms with Gasteiger partial charge in [0.2, 0.25) is 0 Å². The molecule has 1 aromatic rings. The molecule has 1 heterocycles. The largest absolute Gasteiger partial charge is 0.357 e. The molecule has 0 aliphatic heterocycles. The highest BCUT2D eigenvalue weighted by Crippen LogP contribution is 2.30. The topological polar surface area (TPSA) is 67.1 Å². The smallest absolute Gasteiger partial charge is 0.145 e. The maximum absolute atomic E-state index is 5.37. The standard InChI is InChI=1S/C13H23N5/c1-3-10-4-6-11(7-5-10)18(2)13-8-12(17-14)15-9-16-13/h8-11H,3-7,14H2,1-2H3,(H,15,16,17). The summed E-state index contributed by atoms with van der Waals surface area (Å²) >= 11 is 0.